The highest BCUT2D eigenvalue weighted by molar-refractivity contribution is 5.89. The van der Waals surface area contributed by atoms with Crippen molar-refractivity contribution in [1.82, 2.24) is 25.1 Å². The molecule has 2 aliphatic rings. The molecule has 2 fully saturated rings. The molecular formula is C19H26N6O2. The fraction of sp³-hybridized carbons (Fsp3) is 0.579. The van der Waals surface area contributed by atoms with Crippen LogP contribution in [0.5, 0.6) is 0 Å². The van der Waals surface area contributed by atoms with E-state index in [0.717, 1.165) is 37.2 Å². The summed E-state index contributed by atoms with van der Waals surface area (Å²) in [7, 11) is 1.73. The van der Waals surface area contributed by atoms with E-state index >= 15 is 0 Å². The third-order valence-corrected chi connectivity index (χ3v) is 5.34. The Bertz CT molecular complexity index is 765. The zero-order valence-electron chi connectivity index (χ0n) is 15.7. The molecule has 0 radical (unpaired) electrons. The topological polar surface area (TPSA) is 85.2 Å². The summed E-state index contributed by atoms with van der Waals surface area (Å²) in [6, 6.07) is 7.48. The van der Waals surface area contributed by atoms with Crippen molar-refractivity contribution < 1.29 is 9.53 Å². The molecule has 0 bridgehead atoms. The van der Waals surface area contributed by atoms with Crippen molar-refractivity contribution >= 4 is 11.7 Å². The number of benzene rings is 1. The highest BCUT2D eigenvalue weighted by atomic mass is 16.5. The highest BCUT2D eigenvalue weighted by Gasteiger charge is 2.27. The summed E-state index contributed by atoms with van der Waals surface area (Å²) in [5, 5.41) is 15.1. The number of aromatic nitrogens is 4. The zero-order valence-corrected chi connectivity index (χ0v) is 15.7. The van der Waals surface area contributed by atoms with Gasteiger partial charge in [-0.3, -0.25) is 0 Å². The Kier molecular flexibility index (Phi) is 5.33. The van der Waals surface area contributed by atoms with Gasteiger partial charge >= 0.3 is 6.03 Å². The van der Waals surface area contributed by atoms with E-state index in [1.807, 2.05) is 29.2 Å². The molecule has 1 N–H and O–H groups in total. The molecule has 0 unspecified atom stereocenters. The van der Waals surface area contributed by atoms with Crippen molar-refractivity contribution in [3.05, 3.63) is 24.3 Å². The van der Waals surface area contributed by atoms with Crippen LogP contribution in [0.15, 0.2) is 24.3 Å². The van der Waals surface area contributed by atoms with Crippen LogP contribution >= 0.6 is 0 Å². The average molecular weight is 370 g/mol. The third-order valence-electron chi connectivity index (χ3n) is 5.34. The quantitative estimate of drug-likeness (QED) is 0.845. The van der Waals surface area contributed by atoms with Crippen molar-refractivity contribution in [3.8, 4) is 11.4 Å². The lowest BCUT2D eigenvalue weighted by Gasteiger charge is -2.33. The van der Waals surface area contributed by atoms with E-state index < -0.39 is 0 Å². The van der Waals surface area contributed by atoms with Gasteiger partial charge in [-0.05, 0) is 61.1 Å². The van der Waals surface area contributed by atoms with Gasteiger partial charge in [-0.2, -0.15) is 4.80 Å². The second-order valence-electron chi connectivity index (χ2n) is 7.45. The van der Waals surface area contributed by atoms with Gasteiger partial charge in [0.25, 0.3) is 0 Å². The molecule has 8 heteroatoms. The summed E-state index contributed by atoms with van der Waals surface area (Å²) in [5.74, 6) is 1.20. The Morgan fingerprint density at radius 3 is 2.63 bits per heavy atom. The molecule has 8 nitrogen and oxygen atoms in total. The molecule has 1 aliphatic carbocycles. The third kappa shape index (κ3) is 4.44. The minimum atomic E-state index is -0.0530. The molecular weight excluding hydrogens is 344 g/mol. The Morgan fingerprint density at radius 2 is 2.04 bits per heavy atom. The fourth-order valence-electron chi connectivity index (χ4n) is 3.57. The Hall–Kier alpha value is -2.48. The van der Waals surface area contributed by atoms with Crippen molar-refractivity contribution in [2.45, 2.75) is 38.2 Å². The van der Waals surface area contributed by atoms with Crippen molar-refractivity contribution in [1.29, 1.82) is 0 Å². The Morgan fingerprint density at radius 1 is 1.22 bits per heavy atom. The number of rotatable bonds is 6. The van der Waals surface area contributed by atoms with Crippen LogP contribution in [0.1, 0.15) is 32.1 Å². The number of nitrogens with one attached hydrogen (secondary N) is 1. The number of hydrogen-bond acceptors (Lipinski definition) is 5. The van der Waals surface area contributed by atoms with Crippen molar-refractivity contribution in [3.63, 3.8) is 0 Å². The Labute approximate surface area is 158 Å². The van der Waals surface area contributed by atoms with E-state index in [9.17, 15) is 4.79 Å². The van der Waals surface area contributed by atoms with Crippen LogP contribution in [0, 0.1) is 5.92 Å². The molecule has 2 heterocycles. The molecule has 1 aliphatic heterocycles. The molecule has 1 atom stereocenters. The lowest BCUT2D eigenvalue weighted by molar-refractivity contribution is 0.0748. The van der Waals surface area contributed by atoms with Gasteiger partial charge in [0.2, 0.25) is 5.82 Å². The van der Waals surface area contributed by atoms with Gasteiger partial charge in [-0.15, -0.1) is 10.2 Å². The van der Waals surface area contributed by atoms with Crippen LogP contribution in [-0.4, -0.2) is 56.9 Å². The first-order valence-corrected chi connectivity index (χ1v) is 9.69. The number of urea groups is 1. The number of tetrazole rings is 1. The van der Waals surface area contributed by atoms with Crippen LogP contribution < -0.4 is 5.32 Å². The van der Waals surface area contributed by atoms with E-state index in [4.69, 9.17) is 4.74 Å². The Balaban J connectivity index is 1.39. The number of anilines is 1. The van der Waals surface area contributed by atoms with Gasteiger partial charge < -0.3 is 15.0 Å². The predicted molar refractivity (Wildman–Crippen MR) is 101 cm³/mol. The molecule has 1 saturated heterocycles. The monoisotopic (exact) mass is 370 g/mol. The van der Waals surface area contributed by atoms with Crippen LogP contribution in [0.2, 0.25) is 0 Å². The largest absolute Gasteiger partial charge is 0.376 e. The lowest BCUT2D eigenvalue weighted by Crippen LogP contribution is -2.44. The average Bonchev–Trinajstić information content (AvgIpc) is 3.29. The van der Waals surface area contributed by atoms with E-state index in [1.165, 1.54) is 24.1 Å². The first-order valence-electron chi connectivity index (χ1n) is 9.69. The van der Waals surface area contributed by atoms with Gasteiger partial charge in [0, 0.05) is 30.9 Å². The molecule has 2 aromatic rings. The first-order chi connectivity index (χ1) is 13.2. The number of nitrogens with zero attached hydrogens (tertiary/aromatic N) is 5. The summed E-state index contributed by atoms with van der Waals surface area (Å²) in [5.41, 5.74) is 1.63. The van der Waals surface area contributed by atoms with Crippen molar-refractivity contribution in [2.24, 2.45) is 13.0 Å². The van der Waals surface area contributed by atoms with Crippen molar-refractivity contribution in [2.75, 3.05) is 25.0 Å². The van der Waals surface area contributed by atoms with Crippen LogP contribution in [-0.2, 0) is 11.8 Å². The maximum absolute atomic E-state index is 12.9. The number of carbonyl (C=O) groups excluding carboxylic acids is 1. The first kappa shape index (κ1) is 17.9. The molecule has 1 saturated carbocycles. The minimum absolute atomic E-state index is 0.0530. The van der Waals surface area contributed by atoms with E-state index in [1.54, 1.807) is 7.05 Å². The summed E-state index contributed by atoms with van der Waals surface area (Å²) in [4.78, 5) is 16.2. The smallest absolute Gasteiger partial charge is 0.321 e. The van der Waals surface area contributed by atoms with Crippen LogP contribution in [0.3, 0.4) is 0 Å². The SMILES string of the molecule is Cn1nnc(-c2ccc(NC(=O)N(CC3CCC3)C[C@@H]3CCCO3)cc2)n1. The molecule has 27 heavy (non-hydrogen) atoms. The van der Waals surface area contributed by atoms with E-state index in [2.05, 4.69) is 20.7 Å². The van der Waals surface area contributed by atoms with E-state index in [-0.39, 0.29) is 12.1 Å². The molecule has 0 spiro atoms. The summed E-state index contributed by atoms with van der Waals surface area (Å²) < 4.78 is 5.74. The second-order valence-corrected chi connectivity index (χ2v) is 7.45. The normalized spacial score (nSPS) is 19.7. The number of ether oxygens (including phenoxy) is 1. The summed E-state index contributed by atoms with van der Waals surface area (Å²) in [6.45, 7) is 2.29. The van der Waals surface area contributed by atoms with Gasteiger partial charge in [-0.1, -0.05) is 6.42 Å². The summed E-state index contributed by atoms with van der Waals surface area (Å²) >= 11 is 0. The molecule has 2 amide bonds. The zero-order chi connectivity index (χ0) is 18.6. The van der Waals surface area contributed by atoms with Gasteiger partial charge in [0.15, 0.2) is 0 Å². The van der Waals surface area contributed by atoms with Gasteiger partial charge in [-0.25, -0.2) is 4.79 Å². The fourth-order valence-corrected chi connectivity index (χ4v) is 3.57. The number of aryl methyl sites for hydroxylation is 1. The number of carbonyl (C=O) groups is 1. The highest BCUT2D eigenvalue weighted by Crippen LogP contribution is 2.28. The number of hydrogen-bond donors (Lipinski definition) is 1. The molecule has 1 aromatic heterocycles. The minimum Gasteiger partial charge on any atom is -0.376 e. The van der Waals surface area contributed by atoms with Gasteiger partial charge in [0.1, 0.15) is 0 Å². The van der Waals surface area contributed by atoms with Crippen LogP contribution in [0.25, 0.3) is 11.4 Å². The lowest BCUT2D eigenvalue weighted by atomic mass is 9.85. The maximum atomic E-state index is 12.9. The van der Waals surface area contributed by atoms with Crippen LogP contribution in [0.4, 0.5) is 10.5 Å². The standard InChI is InChI=1S/C19H26N6O2/c1-24-22-18(21-23-24)15-7-9-16(10-8-15)20-19(26)25(12-14-4-2-5-14)13-17-6-3-11-27-17/h7-10,14,17H,2-6,11-13H2,1H3,(H,20,26)/t17-/m0/s1. The number of amides is 2. The molecule has 4 rings (SSSR count). The molecule has 144 valence electrons. The second kappa shape index (κ2) is 8.04. The predicted octanol–water partition coefficient (Wildman–Crippen LogP) is 2.69. The molecule has 1 aromatic carbocycles. The summed E-state index contributed by atoms with van der Waals surface area (Å²) in [6.07, 6.45) is 6.00. The van der Waals surface area contributed by atoms with E-state index in [0.29, 0.717) is 18.3 Å². The maximum Gasteiger partial charge on any atom is 0.321 e. The van der Waals surface area contributed by atoms with Gasteiger partial charge in [0.05, 0.1) is 13.2 Å².